The molecule has 0 saturated carbocycles. The summed E-state index contributed by atoms with van der Waals surface area (Å²) in [6.07, 6.45) is 4.45. The van der Waals surface area contributed by atoms with Gasteiger partial charge in [0, 0.05) is 12.7 Å². The Kier molecular flexibility index (Phi) is 4.12. The van der Waals surface area contributed by atoms with Gasteiger partial charge in [-0.1, -0.05) is 6.92 Å². The lowest BCUT2D eigenvalue weighted by Gasteiger charge is -2.06. The zero-order valence-corrected chi connectivity index (χ0v) is 8.36. The molecular formula is C9H16N4O. The predicted molar refractivity (Wildman–Crippen MR) is 53.4 cm³/mol. The van der Waals surface area contributed by atoms with Crippen LogP contribution in [0.25, 0.3) is 0 Å². The molecule has 5 heteroatoms. The number of carbonyl (C=O) groups is 1. The van der Waals surface area contributed by atoms with E-state index in [9.17, 15) is 4.79 Å². The van der Waals surface area contributed by atoms with E-state index in [4.69, 9.17) is 5.73 Å². The number of amides is 1. The molecule has 0 bridgehead atoms. The molecule has 3 N–H and O–H groups in total. The zero-order valence-electron chi connectivity index (χ0n) is 8.36. The average Bonchev–Trinajstić information content (AvgIpc) is 2.52. The maximum absolute atomic E-state index is 10.7. The van der Waals surface area contributed by atoms with Gasteiger partial charge in [0.15, 0.2) is 0 Å². The first-order chi connectivity index (χ1) is 6.74. The van der Waals surface area contributed by atoms with Crippen molar-refractivity contribution in [3.63, 3.8) is 0 Å². The SMILES string of the molecule is CCCNCc1cncn1CC(N)=O. The molecular weight excluding hydrogens is 180 g/mol. The van der Waals surface area contributed by atoms with Crippen LogP contribution in [0.1, 0.15) is 19.0 Å². The number of primary amides is 1. The smallest absolute Gasteiger partial charge is 0.237 e. The van der Waals surface area contributed by atoms with Crippen LogP contribution in [-0.2, 0) is 17.9 Å². The van der Waals surface area contributed by atoms with E-state index in [0.717, 1.165) is 25.2 Å². The molecule has 78 valence electrons. The second-order valence-corrected chi connectivity index (χ2v) is 3.16. The van der Waals surface area contributed by atoms with E-state index >= 15 is 0 Å². The molecule has 0 saturated heterocycles. The van der Waals surface area contributed by atoms with Crippen LogP contribution < -0.4 is 11.1 Å². The van der Waals surface area contributed by atoms with Gasteiger partial charge < -0.3 is 15.6 Å². The van der Waals surface area contributed by atoms with E-state index in [2.05, 4.69) is 17.2 Å². The largest absolute Gasteiger partial charge is 0.368 e. The van der Waals surface area contributed by atoms with E-state index in [1.165, 1.54) is 0 Å². The summed E-state index contributed by atoms with van der Waals surface area (Å²) in [6.45, 7) is 3.99. The summed E-state index contributed by atoms with van der Waals surface area (Å²) in [7, 11) is 0. The Labute approximate surface area is 83.3 Å². The summed E-state index contributed by atoms with van der Waals surface area (Å²) >= 11 is 0. The molecule has 1 heterocycles. The molecule has 0 unspecified atom stereocenters. The minimum Gasteiger partial charge on any atom is -0.368 e. The highest BCUT2D eigenvalue weighted by Gasteiger charge is 2.03. The van der Waals surface area contributed by atoms with Gasteiger partial charge in [-0.15, -0.1) is 0 Å². The van der Waals surface area contributed by atoms with Gasteiger partial charge in [0.1, 0.15) is 6.54 Å². The fourth-order valence-corrected chi connectivity index (χ4v) is 1.20. The van der Waals surface area contributed by atoms with E-state index in [1.54, 1.807) is 17.1 Å². The molecule has 1 amide bonds. The van der Waals surface area contributed by atoms with Gasteiger partial charge in [0.2, 0.25) is 5.91 Å². The lowest BCUT2D eigenvalue weighted by molar-refractivity contribution is -0.118. The van der Waals surface area contributed by atoms with Crippen molar-refractivity contribution in [2.75, 3.05) is 6.54 Å². The van der Waals surface area contributed by atoms with Crippen LogP contribution in [0.3, 0.4) is 0 Å². The fraction of sp³-hybridized carbons (Fsp3) is 0.556. The molecule has 0 aliphatic carbocycles. The number of nitrogens with two attached hydrogens (primary N) is 1. The second-order valence-electron chi connectivity index (χ2n) is 3.16. The van der Waals surface area contributed by atoms with Gasteiger partial charge >= 0.3 is 0 Å². The first-order valence-electron chi connectivity index (χ1n) is 4.72. The van der Waals surface area contributed by atoms with Gasteiger partial charge in [0.05, 0.1) is 12.0 Å². The van der Waals surface area contributed by atoms with E-state index in [-0.39, 0.29) is 12.5 Å². The molecule has 5 nitrogen and oxygen atoms in total. The number of nitrogens with one attached hydrogen (secondary N) is 1. The second kappa shape index (κ2) is 5.39. The van der Waals surface area contributed by atoms with E-state index in [1.807, 2.05) is 0 Å². The quantitative estimate of drug-likeness (QED) is 0.622. The third kappa shape index (κ3) is 3.18. The molecule has 0 aliphatic heterocycles. The number of imidazole rings is 1. The van der Waals surface area contributed by atoms with Crippen LogP contribution in [0.15, 0.2) is 12.5 Å². The number of aromatic nitrogens is 2. The third-order valence-electron chi connectivity index (χ3n) is 1.86. The minimum absolute atomic E-state index is 0.198. The Hall–Kier alpha value is -1.36. The van der Waals surface area contributed by atoms with Gasteiger partial charge in [-0.2, -0.15) is 0 Å². The summed E-state index contributed by atoms with van der Waals surface area (Å²) in [6, 6.07) is 0. The molecule has 0 fully saturated rings. The van der Waals surface area contributed by atoms with Crippen LogP contribution in [0.5, 0.6) is 0 Å². The van der Waals surface area contributed by atoms with E-state index < -0.39 is 0 Å². The Morgan fingerprint density at radius 2 is 2.50 bits per heavy atom. The number of nitrogens with zero attached hydrogens (tertiary/aromatic N) is 2. The highest BCUT2D eigenvalue weighted by Crippen LogP contribution is 1.98. The monoisotopic (exact) mass is 196 g/mol. The van der Waals surface area contributed by atoms with Crippen LogP contribution in [-0.4, -0.2) is 22.0 Å². The molecule has 14 heavy (non-hydrogen) atoms. The molecule has 0 radical (unpaired) electrons. The molecule has 1 aromatic rings. The van der Waals surface area contributed by atoms with Crippen LogP contribution >= 0.6 is 0 Å². The fourth-order valence-electron chi connectivity index (χ4n) is 1.20. The third-order valence-corrected chi connectivity index (χ3v) is 1.86. The van der Waals surface area contributed by atoms with Crippen LogP contribution in [0.2, 0.25) is 0 Å². The minimum atomic E-state index is -0.347. The molecule has 0 aliphatic rings. The molecule has 0 spiro atoms. The maximum Gasteiger partial charge on any atom is 0.237 e. The van der Waals surface area contributed by atoms with Gasteiger partial charge in [-0.05, 0) is 13.0 Å². The topological polar surface area (TPSA) is 72.9 Å². The number of carbonyl (C=O) groups excluding carboxylic acids is 1. The average molecular weight is 196 g/mol. The van der Waals surface area contributed by atoms with E-state index in [0.29, 0.717) is 0 Å². The first kappa shape index (κ1) is 10.7. The Bertz CT molecular complexity index is 295. The highest BCUT2D eigenvalue weighted by molar-refractivity contribution is 5.73. The van der Waals surface area contributed by atoms with Crippen LogP contribution in [0.4, 0.5) is 0 Å². The number of hydrogen-bond donors (Lipinski definition) is 2. The first-order valence-corrected chi connectivity index (χ1v) is 4.72. The summed E-state index contributed by atoms with van der Waals surface area (Å²) in [4.78, 5) is 14.7. The molecule has 1 aromatic heterocycles. The van der Waals surface area contributed by atoms with Crippen molar-refractivity contribution >= 4 is 5.91 Å². The summed E-state index contributed by atoms with van der Waals surface area (Å²) in [5, 5.41) is 3.24. The Morgan fingerprint density at radius 3 is 3.14 bits per heavy atom. The molecule has 0 atom stereocenters. The lowest BCUT2D eigenvalue weighted by Crippen LogP contribution is -2.22. The van der Waals surface area contributed by atoms with Gasteiger partial charge in [-0.3, -0.25) is 4.79 Å². The van der Waals surface area contributed by atoms with Crippen molar-refractivity contribution < 1.29 is 4.79 Å². The number of hydrogen-bond acceptors (Lipinski definition) is 3. The summed E-state index contributed by atoms with van der Waals surface area (Å²) in [5.74, 6) is -0.347. The summed E-state index contributed by atoms with van der Waals surface area (Å²) < 4.78 is 1.75. The standard InChI is InChI=1S/C9H16N4O/c1-2-3-11-4-8-5-12-7-13(8)6-9(10)14/h5,7,11H,2-4,6H2,1H3,(H2,10,14). The van der Waals surface area contributed by atoms with Crippen LogP contribution in [0, 0.1) is 0 Å². The van der Waals surface area contributed by atoms with Crippen molar-refractivity contribution in [3.8, 4) is 0 Å². The Morgan fingerprint density at radius 1 is 1.71 bits per heavy atom. The molecule has 1 rings (SSSR count). The van der Waals surface area contributed by atoms with Crippen molar-refractivity contribution in [1.82, 2.24) is 14.9 Å². The highest BCUT2D eigenvalue weighted by atomic mass is 16.1. The Balaban J connectivity index is 2.49. The van der Waals surface area contributed by atoms with Gasteiger partial charge in [-0.25, -0.2) is 4.98 Å². The van der Waals surface area contributed by atoms with Crippen molar-refractivity contribution in [3.05, 3.63) is 18.2 Å². The van der Waals surface area contributed by atoms with Gasteiger partial charge in [0.25, 0.3) is 0 Å². The van der Waals surface area contributed by atoms with Crippen molar-refractivity contribution in [2.24, 2.45) is 5.73 Å². The zero-order chi connectivity index (χ0) is 10.4. The maximum atomic E-state index is 10.7. The lowest BCUT2D eigenvalue weighted by atomic mass is 10.4. The normalized spacial score (nSPS) is 10.4. The summed E-state index contributed by atoms with van der Waals surface area (Å²) in [5.41, 5.74) is 6.08. The molecule has 0 aromatic carbocycles. The predicted octanol–water partition coefficient (Wildman–Crippen LogP) is -0.132. The van der Waals surface area contributed by atoms with Crippen molar-refractivity contribution in [2.45, 2.75) is 26.4 Å². The van der Waals surface area contributed by atoms with Crippen molar-refractivity contribution in [1.29, 1.82) is 0 Å². The number of rotatable bonds is 6.